The highest BCUT2D eigenvalue weighted by atomic mass is 16.5. The van der Waals surface area contributed by atoms with Gasteiger partial charge in [0.1, 0.15) is 11.8 Å². The van der Waals surface area contributed by atoms with Crippen LogP contribution < -0.4 is 4.74 Å². The van der Waals surface area contributed by atoms with Gasteiger partial charge in [0, 0.05) is 24.4 Å². The first kappa shape index (κ1) is 15.7. The zero-order chi connectivity index (χ0) is 18.1. The molecule has 0 radical (unpaired) electrons. The molecular weight excluding hydrogens is 330 g/mol. The molecule has 0 N–H and O–H groups in total. The van der Waals surface area contributed by atoms with Gasteiger partial charge in [-0.3, -0.25) is 0 Å². The van der Waals surface area contributed by atoms with E-state index in [1.807, 2.05) is 24.3 Å². The molecule has 3 aromatic heterocycles. The van der Waals surface area contributed by atoms with Crippen molar-refractivity contribution in [3.63, 3.8) is 0 Å². The largest absolute Gasteiger partial charge is 0.480 e. The number of aryl methyl sites for hydroxylation is 1. The number of fused-ring (bicyclic) bond motifs is 1. The lowest BCUT2D eigenvalue weighted by Gasteiger charge is -2.13. The number of hydrogen-bond donors (Lipinski definition) is 0. The number of nitrogens with zero attached hydrogens (tertiary/aromatic N) is 7. The summed E-state index contributed by atoms with van der Waals surface area (Å²) in [5.41, 5.74) is 4.52. The summed E-state index contributed by atoms with van der Waals surface area (Å²) >= 11 is 0. The van der Waals surface area contributed by atoms with Crippen LogP contribution >= 0.6 is 0 Å². The molecule has 126 valence electrons. The molecule has 0 bridgehead atoms. The summed E-state index contributed by atoms with van der Waals surface area (Å²) in [5.74, 6) is 0.396. The predicted octanol–water partition coefficient (Wildman–Crippen LogP) is 2.37. The SMILES string of the molecule is COc1ncnc(-c2ccccc2C#N)c1-c1cnc2c(c1)nnn2C. The molecule has 0 atom stereocenters. The highest BCUT2D eigenvalue weighted by Gasteiger charge is 2.19. The van der Waals surface area contributed by atoms with Crippen LogP contribution in [-0.4, -0.2) is 37.1 Å². The minimum absolute atomic E-state index is 0.396. The van der Waals surface area contributed by atoms with Crippen molar-refractivity contribution in [1.29, 1.82) is 5.26 Å². The quantitative estimate of drug-likeness (QED) is 0.562. The number of benzene rings is 1. The summed E-state index contributed by atoms with van der Waals surface area (Å²) < 4.78 is 7.05. The van der Waals surface area contributed by atoms with E-state index < -0.39 is 0 Å². The summed E-state index contributed by atoms with van der Waals surface area (Å²) in [6.45, 7) is 0. The third-order valence-corrected chi connectivity index (χ3v) is 4.04. The highest BCUT2D eigenvalue weighted by molar-refractivity contribution is 5.88. The highest BCUT2D eigenvalue weighted by Crippen LogP contribution is 2.37. The van der Waals surface area contributed by atoms with Crippen molar-refractivity contribution in [2.75, 3.05) is 7.11 Å². The fourth-order valence-electron chi connectivity index (χ4n) is 2.84. The minimum atomic E-state index is 0.396. The van der Waals surface area contributed by atoms with Crippen molar-refractivity contribution < 1.29 is 4.74 Å². The van der Waals surface area contributed by atoms with E-state index in [-0.39, 0.29) is 0 Å². The van der Waals surface area contributed by atoms with Crippen LogP contribution in [0.15, 0.2) is 42.9 Å². The lowest BCUT2D eigenvalue weighted by atomic mass is 9.98. The molecule has 0 saturated carbocycles. The van der Waals surface area contributed by atoms with Crippen molar-refractivity contribution in [2.45, 2.75) is 0 Å². The van der Waals surface area contributed by atoms with E-state index in [1.54, 1.807) is 31.1 Å². The second-order valence-electron chi connectivity index (χ2n) is 5.54. The molecule has 1 aromatic carbocycles. The maximum Gasteiger partial charge on any atom is 0.224 e. The lowest BCUT2D eigenvalue weighted by Crippen LogP contribution is -1.99. The molecule has 0 unspecified atom stereocenters. The number of ether oxygens (including phenoxy) is 1. The van der Waals surface area contributed by atoms with Gasteiger partial charge in [0.05, 0.1) is 30.0 Å². The van der Waals surface area contributed by atoms with Crippen molar-refractivity contribution in [3.05, 3.63) is 48.4 Å². The second kappa shape index (κ2) is 6.22. The maximum absolute atomic E-state index is 9.45. The van der Waals surface area contributed by atoms with Gasteiger partial charge in [0.25, 0.3) is 0 Å². The van der Waals surface area contributed by atoms with E-state index in [4.69, 9.17) is 4.74 Å². The van der Waals surface area contributed by atoms with Gasteiger partial charge in [-0.1, -0.05) is 23.4 Å². The van der Waals surface area contributed by atoms with E-state index in [0.717, 1.165) is 5.56 Å². The van der Waals surface area contributed by atoms with Crippen LogP contribution in [0.25, 0.3) is 33.5 Å². The van der Waals surface area contributed by atoms with Crippen LogP contribution in [0.1, 0.15) is 5.56 Å². The zero-order valence-corrected chi connectivity index (χ0v) is 14.1. The molecule has 0 aliphatic carbocycles. The summed E-state index contributed by atoms with van der Waals surface area (Å²) in [7, 11) is 3.32. The molecule has 26 heavy (non-hydrogen) atoms. The van der Waals surface area contributed by atoms with Crippen molar-refractivity contribution >= 4 is 11.2 Å². The van der Waals surface area contributed by atoms with Crippen LogP contribution in [0, 0.1) is 11.3 Å². The third-order valence-electron chi connectivity index (χ3n) is 4.04. The number of nitriles is 1. The Balaban J connectivity index is 2.01. The number of hydrogen-bond acceptors (Lipinski definition) is 7. The molecule has 0 amide bonds. The first-order valence-electron chi connectivity index (χ1n) is 7.77. The van der Waals surface area contributed by atoms with E-state index in [2.05, 4.69) is 31.3 Å². The lowest BCUT2D eigenvalue weighted by molar-refractivity contribution is 0.399. The van der Waals surface area contributed by atoms with Gasteiger partial charge in [0.2, 0.25) is 5.88 Å². The molecule has 0 aliphatic heterocycles. The Hall–Kier alpha value is -3.86. The Kier molecular flexibility index (Phi) is 3.74. The monoisotopic (exact) mass is 343 g/mol. The van der Waals surface area contributed by atoms with Crippen molar-refractivity contribution in [2.24, 2.45) is 7.05 Å². The first-order chi connectivity index (χ1) is 12.7. The molecule has 8 nitrogen and oxygen atoms in total. The normalized spacial score (nSPS) is 10.7. The van der Waals surface area contributed by atoms with E-state index in [9.17, 15) is 5.26 Å². The Morgan fingerprint density at radius 1 is 1.15 bits per heavy atom. The molecule has 4 aromatic rings. The number of aromatic nitrogens is 6. The average Bonchev–Trinajstić information content (AvgIpc) is 3.07. The van der Waals surface area contributed by atoms with Gasteiger partial charge in [-0.25, -0.2) is 19.6 Å². The fourth-order valence-corrected chi connectivity index (χ4v) is 2.84. The first-order valence-corrected chi connectivity index (χ1v) is 7.77. The standard InChI is InChI=1S/C18H13N7O/c1-25-17-14(23-24-25)7-12(9-20-17)15-16(21-10-22-18(15)26-2)13-6-4-3-5-11(13)8-19/h3-7,9-10H,1-2H3. The van der Waals surface area contributed by atoms with Gasteiger partial charge < -0.3 is 4.74 Å². The Morgan fingerprint density at radius 2 is 2.00 bits per heavy atom. The van der Waals surface area contributed by atoms with Crippen LogP contribution in [0.4, 0.5) is 0 Å². The smallest absolute Gasteiger partial charge is 0.224 e. The fraction of sp³-hybridized carbons (Fsp3) is 0.111. The zero-order valence-electron chi connectivity index (χ0n) is 14.1. The summed E-state index contributed by atoms with van der Waals surface area (Å²) in [6, 6.07) is 11.3. The number of rotatable bonds is 3. The minimum Gasteiger partial charge on any atom is -0.480 e. The van der Waals surface area contributed by atoms with Gasteiger partial charge in [0.15, 0.2) is 5.65 Å². The van der Waals surface area contributed by atoms with Gasteiger partial charge >= 0.3 is 0 Å². The average molecular weight is 343 g/mol. The Labute approximate surface area is 148 Å². The van der Waals surface area contributed by atoms with Gasteiger partial charge in [-0.2, -0.15) is 5.26 Å². The molecule has 0 saturated heterocycles. The molecule has 8 heteroatoms. The molecule has 0 fully saturated rings. The van der Waals surface area contributed by atoms with Crippen LogP contribution in [0.3, 0.4) is 0 Å². The Morgan fingerprint density at radius 3 is 2.81 bits per heavy atom. The number of methoxy groups -OCH3 is 1. The van der Waals surface area contributed by atoms with Gasteiger partial charge in [-0.05, 0) is 12.1 Å². The molecule has 3 heterocycles. The van der Waals surface area contributed by atoms with Crippen LogP contribution in [0.2, 0.25) is 0 Å². The predicted molar refractivity (Wildman–Crippen MR) is 94.0 cm³/mol. The summed E-state index contributed by atoms with van der Waals surface area (Å²) in [6.07, 6.45) is 3.12. The molecule has 4 rings (SSSR count). The molecule has 0 aliphatic rings. The van der Waals surface area contributed by atoms with Gasteiger partial charge in [-0.15, -0.1) is 5.10 Å². The molecule has 0 spiro atoms. The third kappa shape index (κ3) is 2.43. The summed E-state index contributed by atoms with van der Waals surface area (Å²) in [4.78, 5) is 13.1. The van der Waals surface area contributed by atoms with E-state index in [0.29, 0.717) is 39.4 Å². The van der Waals surface area contributed by atoms with Crippen LogP contribution in [0.5, 0.6) is 5.88 Å². The number of pyridine rings is 1. The van der Waals surface area contributed by atoms with Crippen molar-refractivity contribution in [3.8, 4) is 34.3 Å². The maximum atomic E-state index is 9.45. The molecular formula is C18H13N7O. The second-order valence-corrected chi connectivity index (χ2v) is 5.54. The van der Waals surface area contributed by atoms with E-state index >= 15 is 0 Å². The van der Waals surface area contributed by atoms with Crippen LogP contribution in [-0.2, 0) is 7.05 Å². The van der Waals surface area contributed by atoms with E-state index in [1.165, 1.54) is 6.33 Å². The topological polar surface area (TPSA) is 102 Å². The summed E-state index contributed by atoms with van der Waals surface area (Å²) in [5, 5.41) is 17.5. The van der Waals surface area contributed by atoms with Crippen molar-refractivity contribution in [1.82, 2.24) is 29.9 Å². The Bertz CT molecular complexity index is 1160.